The molecule has 2 aromatic heterocycles. The molecule has 116 valence electrons. The number of rotatable bonds is 3. The highest BCUT2D eigenvalue weighted by Crippen LogP contribution is 2.28. The largest absolute Gasteiger partial charge is 0.496 e. The molecule has 23 heavy (non-hydrogen) atoms. The summed E-state index contributed by atoms with van der Waals surface area (Å²) in [7, 11) is 1.63. The summed E-state index contributed by atoms with van der Waals surface area (Å²) in [5.74, 6) is 1.89. The van der Waals surface area contributed by atoms with Crippen molar-refractivity contribution in [2.75, 3.05) is 13.7 Å². The fourth-order valence-corrected chi connectivity index (χ4v) is 2.20. The molecule has 0 fully saturated rings. The lowest BCUT2D eigenvalue weighted by Gasteiger charge is -2.14. The molecule has 0 spiro atoms. The first-order chi connectivity index (χ1) is 11.3. The van der Waals surface area contributed by atoms with Crippen LogP contribution in [-0.2, 0) is 0 Å². The normalized spacial score (nSPS) is 13.8. The van der Waals surface area contributed by atoms with Gasteiger partial charge >= 0.3 is 0 Å². The van der Waals surface area contributed by atoms with E-state index in [0.29, 0.717) is 18.2 Å². The van der Waals surface area contributed by atoms with Crippen LogP contribution in [0.3, 0.4) is 0 Å². The third kappa shape index (κ3) is 3.45. The maximum Gasteiger partial charge on any atom is 0.223 e. The second-order valence-corrected chi connectivity index (χ2v) is 4.97. The van der Waals surface area contributed by atoms with Crippen molar-refractivity contribution in [1.29, 1.82) is 0 Å². The Hall–Kier alpha value is -2.95. The molecule has 5 heteroatoms. The molecule has 0 radical (unpaired) electrons. The van der Waals surface area contributed by atoms with Gasteiger partial charge in [-0.3, -0.25) is 9.97 Å². The first-order valence-corrected chi connectivity index (χ1v) is 7.28. The van der Waals surface area contributed by atoms with Crippen LogP contribution < -0.4 is 9.47 Å². The monoisotopic (exact) mass is 307 g/mol. The van der Waals surface area contributed by atoms with Gasteiger partial charge in [0.1, 0.15) is 11.5 Å². The fraction of sp³-hybridized carbons (Fsp3) is 0.167. The number of hydrogen-bond donors (Lipinski definition) is 0. The third-order valence-corrected chi connectivity index (χ3v) is 3.36. The van der Waals surface area contributed by atoms with Gasteiger partial charge in [-0.15, -0.1) is 0 Å². The number of nitrogens with zero attached hydrogens (tertiary/aromatic N) is 3. The van der Waals surface area contributed by atoms with Crippen molar-refractivity contribution < 1.29 is 9.47 Å². The molecule has 0 bridgehead atoms. The average molecular weight is 307 g/mol. The summed E-state index contributed by atoms with van der Waals surface area (Å²) in [5, 5.41) is 0. The summed E-state index contributed by atoms with van der Waals surface area (Å²) in [4.78, 5) is 12.9. The number of methoxy groups -OCH3 is 1. The molecule has 0 amide bonds. The lowest BCUT2D eigenvalue weighted by molar-refractivity contribution is 0.413. The quantitative estimate of drug-likeness (QED) is 0.873. The SMILES string of the molecule is COc1ccncc1C1=CC=CCN=C1Oc1ccc(C)nc1. The van der Waals surface area contributed by atoms with E-state index in [1.54, 1.807) is 25.7 Å². The van der Waals surface area contributed by atoms with E-state index in [0.717, 1.165) is 22.6 Å². The molecule has 0 aliphatic carbocycles. The minimum absolute atomic E-state index is 0.520. The van der Waals surface area contributed by atoms with Gasteiger partial charge in [0.05, 0.1) is 19.9 Å². The summed E-state index contributed by atoms with van der Waals surface area (Å²) in [6.07, 6.45) is 11.0. The average Bonchev–Trinajstić information content (AvgIpc) is 2.82. The highest BCUT2D eigenvalue weighted by Gasteiger charge is 2.17. The van der Waals surface area contributed by atoms with E-state index in [1.165, 1.54) is 0 Å². The van der Waals surface area contributed by atoms with Crippen molar-refractivity contribution in [3.05, 3.63) is 66.3 Å². The molecule has 0 saturated carbocycles. The molecular weight excluding hydrogens is 290 g/mol. The molecule has 3 rings (SSSR count). The minimum atomic E-state index is 0.520. The zero-order valence-electron chi connectivity index (χ0n) is 13.1. The Balaban J connectivity index is 1.97. The number of allylic oxidation sites excluding steroid dienone is 2. The van der Waals surface area contributed by atoms with Gasteiger partial charge in [-0.1, -0.05) is 12.2 Å². The topological polar surface area (TPSA) is 56.6 Å². The van der Waals surface area contributed by atoms with E-state index in [2.05, 4.69) is 15.0 Å². The minimum Gasteiger partial charge on any atom is -0.496 e. The van der Waals surface area contributed by atoms with Crippen LogP contribution in [0, 0.1) is 6.92 Å². The fourth-order valence-electron chi connectivity index (χ4n) is 2.20. The molecule has 5 nitrogen and oxygen atoms in total. The standard InChI is InChI=1S/C18H17N3O2/c1-13-6-7-14(11-21-13)23-18-15(5-3-4-9-20-18)16-12-19-10-8-17(16)22-2/h3-8,10-12H,9H2,1-2H3. The summed E-state index contributed by atoms with van der Waals surface area (Å²) in [6.45, 7) is 2.49. The zero-order chi connectivity index (χ0) is 16.1. The van der Waals surface area contributed by atoms with Crippen molar-refractivity contribution in [2.24, 2.45) is 4.99 Å². The van der Waals surface area contributed by atoms with Gasteiger partial charge in [0, 0.05) is 29.2 Å². The summed E-state index contributed by atoms with van der Waals surface area (Å²) in [6, 6.07) is 5.59. The van der Waals surface area contributed by atoms with Crippen LogP contribution >= 0.6 is 0 Å². The van der Waals surface area contributed by atoms with Crippen molar-refractivity contribution >= 4 is 11.5 Å². The molecule has 0 saturated heterocycles. The Morgan fingerprint density at radius 2 is 2.04 bits per heavy atom. The van der Waals surface area contributed by atoms with Crippen LogP contribution in [0.25, 0.3) is 5.57 Å². The van der Waals surface area contributed by atoms with Gasteiger partial charge in [0.2, 0.25) is 5.90 Å². The molecule has 0 unspecified atom stereocenters. The number of pyridine rings is 2. The van der Waals surface area contributed by atoms with E-state index in [4.69, 9.17) is 9.47 Å². The number of aryl methyl sites for hydroxylation is 1. The number of hydrogen-bond acceptors (Lipinski definition) is 5. The lowest BCUT2D eigenvalue weighted by atomic mass is 10.1. The third-order valence-electron chi connectivity index (χ3n) is 3.36. The van der Waals surface area contributed by atoms with Crippen LogP contribution in [0.15, 0.2) is 60.0 Å². The molecule has 0 N–H and O–H groups in total. The Bertz CT molecular complexity index is 777. The summed E-state index contributed by atoms with van der Waals surface area (Å²) in [5.41, 5.74) is 2.59. The highest BCUT2D eigenvalue weighted by atomic mass is 16.5. The molecule has 3 heterocycles. The van der Waals surface area contributed by atoms with E-state index < -0.39 is 0 Å². The van der Waals surface area contributed by atoms with Gasteiger partial charge in [0.25, 0.3) is 0 Å². The van der Waals surface area contributed by atoms with Crippen molar-refractivity contribution in [1.82, 2.24) is 9.97 Å². The highest BCUT2D eigenvalue weighted by molar-refractivity contribution is 6.21. The second-order valence-electron chi connectivity index (χ2n) is 4.97. The van der Waals surface area contributed by atoms with Gasteiger partial charge in [-0.25, -0.2) is 4.99 Å². The van der Waals surface area contributed by atoms with Gasteiger partial charge in [-0.2, -0.15) is 0 Å². The van der Waals surface area contributed by atoms with Crippen molar-refractivity contribution in [3.63, 3.8) is 0 Å². The Morgan fingerprint density at radius 3 is 2.83 bits per heavy atom. The summed E-state index contributed by atoms with van der Waals surface area (Å²) >= 11 is 0. The van der Waals surface area contributed by atoms with Crippen LogP contribution in [0.1, 0.15) is 11.3 Å². The van der Waals surface area contributed by atoms with Crippen molar-refractivity contribution in [2.45, 2.75) is 6.92 Å². The maximum absolute atomic E-state index is 5.95. The zero-order valence-corrected chi connectivity index (χ0v) is 13.1. The first kappa shape index (κ1) is 15.0. The predicted octanol–water partition coefficient (Wildman–Crippen LogP) is 3.22. The van der Waals surface area contributed by atoms with E-state index in [9.17, 15) is 0 Å². The number of aliphatic imine (C=N–C) groups is 1. The lowest BCUT2D eigenvalue weighted by Crippen LogP contribution is -2.12. The van der Waals surface area contributed by atoms with Crippen LogP contribution in [0.4, 0.5) is 0 Å². The van der Waals surface area contributed by atoms with Crippen LogP contribution in [0.5, 0.6) is 11.5 Å². The Labute approximate surface area is 135 Å². The smallest absolute Gasteiger partial charge is 0.223 e. The second kappa shape index (κ2) is 6.87. The molecular formula is C18H17N3O2. The molecule has 0 aromatic carbocycles. The Kier molecular flexibility index (Phi) is 4.47. The number of ether oxygens (including phenoxy) is 2. The predicted molar refractivity (Wildman–Crippen MR) is 89.8 cm³/mol. The van der Waals surface area contributed by atoms with Crippen LogP contribution in [0.2, 0.25) is 0 Å². The molecule has 2 aromatic rings. The van der Waals surface area contributed by atoms with E-state index in [-0.39, 0.29) is 0 Å². The molecule has 0 atom stereocenters. The first-order valence-electron chi connectivity index (χ1n) is 7.28. The van der Waals surface area contributed by atoms with E-state index in [1.807, 2.05) is 43.4 Å². The molecule has 1 aliphatic rings. The molecule has 1 aliphatic heterocycles. The van der Waals surface area contributed by atoms with E-state index >= 15 is 0 Å². The van der Waals surface area contributed by atoms with Crippen LogP contribution in [-0.4, -0.2) is 29.5 Å². The van der Waals surface area contributed by atoms with Gasteiger partial charge in [-0.05, 0) is 31.2 Å². The summed E-state index contributed by atoms with van der Waals surface area (Å²) < 4.78 is 11.4. The van der Waals surface area contributed by atoms with Crippen molar-refractivity contribution in [3.8, 4) is 11.5 Å². The Morgan fingerprint density at radius 1 is 1.13 bits per heavy atom. The van der Waals surface area contributed by atoms with Gasteiger partial charge in [0.15, 0.2) is 0 Å². The number of aromatic nitrogens is 2. The van der Waals surface area contributed by atoms with Gasteiger partial charge < -0.3 is 9.47 Å². The maximum atomic E-state index is 5.95.